The lowest BCUT2D eigenvalue weighted by molar-refractivity contribution is 0.0605. The van der Waals surface area contributed by atoms with Gasteiger partial charge in [-0.25, -0.2) is 4.79 Å². The van der Waals surface area contributed by atoms with Crippen molar-refractivity contribution in [2.45, 2.75) is 39.2 Å². The minimum Gasteiger partial charge on any atom is -0.442 e. The Morgan fingerprint density at radius 3 is 2.54 bits per heavy atom. The Morgan fingerprint density at radius 1 is 1.46 bits per heavy atom. The predicted octanol–water partition coefficient (Wildman–Crippen LogP) is 2.96. The summed E-state index contributed by atoms with van der Waals surface area (Å²) in [4.78, 5) is 14.6. The molecule has 0 aromatic heterocycles. The Hall–Kier alpha value is -1.12. The third kappa shape index (κ3) is 8.79. The lowest BCUT2D eigenvalue weighted by atomic mass is 10.2. The normalized spacial score (nSPS) is 11.6. The van der Waals surface area contributed by atoms with E-state index < -0.39 is 11.7 Å². The van der Waals surface area contributed by atoms with Crippen LogP contribution in [0, 0.1) is 0 Å². The molecule has 0 atom stereocenters. The highest BCUT2D eigenvalue weighted by Crippen LogP contribution is 2.07. The van der Waals surface area contributed by atoms with Gasteiger partial charge >= 0.3 is 6.09 Å². The molecular formula is C10H17NO2. The van der Waals surface area contributed by atoms with Crippen LogP contribution >= 0.6 is 0 Å². The number of nitrogens with zero attached hydrogens (tertiary/aromatic N) is 1. The summed E-state index contributed by atoms with van der Waals surface area (Å²) in [6, 6.07) is 0. The number of ether oxygens (including phenoxy) is 1. The molecule has 0 aromatic carbocycles. The molecule has 0 fully saturated rings. The van der Waals surface area contributed by atoms with Crippen LogP contribution in [0.3, 0.4) is 0 Å². The molecule has 13 heavy (non-hydrogen) atoms. The number of carbonyl (C=O) groups excluding carboxylic acids is 1. The van der Waals surface area contributed by atoms with E-state index in [1.807, 2.05) is 20.8 Å². The molecule has 3 heteroatoms. The molecule has 0 N–H and O–H groups in total. The standard InChI is InChI=1S/C10H17NO2/c1-5-6-7-8-11-9(12)13-10(2,3)4/h5,8H,1,6-7H2,2-4H3/b11-8+. The summed E-state index contributed by atoms with van der Waals surface area (Å²) in [5.41, 5.74) is -0.465. The fraction of sp³-hybridized carbons (Fsp3) is 0.600. The second-order valence-electron chi connectivity index (χ2n) is 3.66. The number of hydrogen-bond donors (Lipinski definition) is 0. The van der Waals surface area contributed by atoms with Crippen LogP contribution in [0.25, 0.3) is 0 Å². The molecule has 0 aliphatic carbocycles. The van der Waals surface area contributed by atoms with Crippen molar-refractivity contribution < 1.29 is 9.53 Å². The van der Waals surface area contributed by atoms with Crippen molar-refractivity contribution in [1.82, 2.24) is 0 Å². The van der Waals surface area contributed by atoms with E-state index in [1.165, 1.54) is 0 Å². The van der Waals surface area contributed by atoms with E-state index in [2.05, 4.69) is 11.6 Å². The van der Waals surface area contributed by atoms with Crippen LogP contribution in [0.1, 0.15) is 33.6 Å². The second-order valence-corrected chi connectivity index (χ2v) is 3.66. The van der Waals surface area contributed by atoms with Crippen molar-refractivity contribution in [3.63, 3.8) is 0 Å². The molecule has 3 nitrogen and oxygen atoms in total. The van der Waals surface area contributed by atoms with Gasteiger partial charge in [0.05, 0.1) is 0 Å². The minimum absolute atomic E-state index is 0.465. The average molecular weight is 183 g/mol. The van der Waals surface area contributed by atoms with E-state index in [0.29, 0.717) is 0 Å². The van der Waals surface area contributed by atoms with Gasteiger partial charge < -0.3 is 4.74 Å². The number of allylic oxidation sites excluding steroid dienone is 1. The van der Waals surface area contributed by atoms with Gasteiger partial charge in [-0.1, -0.05) is 6.08 Å². The molecule has 0 unspecified atom stereocenters. The Balaban J connectivity index is 3.74. The van der Waals surface area contributed by atoms with E-state index >= 15 is 0 Å². The number of amides is 1. The van der Waals surface area contributed by atoms with Crippen molar-refractivity contribution in [1.29, 1.82) is 0 Å². The van der Waals surface area contributed by atoms with Crippen molar-refractivity contribution in [2.75, 3.05) is 0 Å². The van der Waals surface area contributed by atoms with E-state index in [-0.39, 0.29) is 0 Å². The molecule has 0 aromatic rings. The highest BCUT2D eigenvalue weighted by Gasteiger charge is 2.14. The van der Waals surface area contributed by atoms with Crippen molar-refractivity contribution >= 4 is 12.3 Å². The summed E-state index contributed by atoms with van der Waals surface area (Å²) >= 11 is 0. The smallest absolute Gasteiger partial charge is 0.433 e. The number of hydrogen-bond acceptors (Lipinski definition) is 2. The first kappa shape index (κ1) is 11.9. The fourth-order valence-electron chi connectivity index (χ4n) is 0.620. The topological polar surface area (TPSA) is 38.7 Å². The average Bonchev–Trinajstić information content (AvgIpc) is 1.94. The largest absolute Gasteiger partial charge is 0.442 e. The summed E-state index contributed by atoms with van der Waals surface area (Å²) in [5, 5.41) is 0. The molecule has 0 saturated heterocycles. The quantitative estimate of drug-likeness (QED) is 0.383. The molecular weight excluding hydrogens is 166 g/mol. The molecule has 0 spiro atoms. The maximum Gasteiger partial charge on any atom is 0.433 e. The zero-order chi connectivity index (χ0) is 10.3. The molecule has 0 aliphatic heterocycles. The van der Waals surface area contributed by atoms with E-state index in [4.69, 9.17) is 4.74 Å². The summed E-state index contributed by atoms with van der Waals surface area (Å²) in [6.07, 6.45) is 4.35. The lowest BCUT2D eigenvalue weighted by Crippen LogP contribution is -2.21. The summed E-state index contributed by atoms with van der Waals surface area (Å²) in [6.45, 7) is 8.99. The van der Waals surface area contributed by atoms with Crippen molar-refractivity contribution in [2.24, 2.45) is 4.99 Å². The second kappa shape index (κ2) is 5.51. The van der Waals surface area contributed by atoms with Crippen LogP contribution in [-0.2, 0) is 4.74 Å². The van der Waals surface area contributed by atoms with Crippen molar-refractivity contribution in [3.05, 3.63) is 12.7 Å². The van der Waals surface area contributed by atoms with E-state index in [9.17, 15) is 4.79 Å². The maximum absolute atomic E-state index is 11.0. The molecule has 74 valence electrons. The number of aliphatic imine (C=N–C) groups is 1. The molecule has 0 radical (unpaired) electrons. The van der Waals surface area contributed by atoms with Crippen LogP contribution in [0.4, 0.5) is 4.79 Å². The van der Waals surface area contributed by atoms with Gasteiger partial charge in [-0.3, -0.25) is 0 Å². The Labute approximate surface area is 79.5 Å². The Kier molecular flexibility index (Phi) is 5.04. The summed E-state index contributed by atoms with van der Waals surface area (Å²) in [7, 11) is 0. The molecule has 0 heterocycles. The molecule has 0 rings (SSSR count). The first-order valence-electron chi connectivity index (χ1n) is 4.32. The van der Waals surface area contributed by atoms with Gasteiger partial charge in [-0.2, -0.15) is 4.99 Å². The summed E-state index contributed by atoms with van der Waals surface area (Å²) < 4.78 is 4.96. The molecule has 0 aliphatic rings. The molecule has 0 saturated carbocycles. The monoisotopic (exact) mass is 183 g/mol. The first-order chi connectivity index (χ1) is 5.95. The van der Waals surface area contributed by atoms with Crippen LogP contribution in [0.2, 0.25) is 0 Å². The number of unbranched alkanes of at least 4 members (excludes halogenated alkanes) is 1. The van der Waals surface area contributed by atoms with E-state index in [0.717, 1.165) is 12.8 Å². The zero-order valence-corrected chi connectivity index (χ0v) is 8.54. The van der Waals surface area contributed by atoms with Gasteiger partial charge in [0.25, 0.3) is 0 Å². The highest BCUT2D eigenvalue weighted by molar-refractivity contribution is 5.79. The van der Waals surface area contributed by atoms with Crippen LogP contribution < -0.4 is 0 Å². The van der Waals surface area contributed by atoms with Crippen molar-refractivity contribution in [3.8, 4) is 0 Å². The van der Waals surface area contributed by atoms with Gasteiger partial charge in [0.2, 0.25) is 0 Å². The number of carbonyl (C=O) groups is 1. The van der Waals surface area contributed by atoms with Gasteiger partial charge in [-0.15, -0.1) is 6.58 Å². The van der Waals surface area contributed by atoms with E-state index in [1.54, 1.807) is 12.3 Å². The third-order valence-electron chi connectivity index (χ3n) is 1.09. The van der Waals surface area contributed by atoms with Gasteiger partial charge in [-0.05, 0) is 33.6 Å². The molecule has 0 bridgehead atoms. The lowest BCUT2D eigenvalue weighted by Gasteiger charge is -2.16. The highest BCUT2D eigenvalue weighted by atomic mass is 16.6. The third-order valence-corrected chi connectivity index (χ3v) is 1.09. The van der Waals surface area contributed by atoms with Gasteiger partial charge in [0.1, 0.15) is 5.60 Å². The van der Waals surface area contributed by atoms with Gasteiger partial charge in [0, 0.05) is 6.21 Å². The Morgan fingerprint density at radius 2 is 2.08 bits per heavy atom. The summed E-state index contributed by atoms with van der Waals surface area (Å²) in [5.74, 6) is 0. The van der Waals surface area contributed by atoms with Crippen LogP contribution in [0.5, 0.6) is 0 Å². The fourth-order valence-corrected chi connectivity index (χ4v) is 0.620. The number of rotatable bonds is 3. The van der Waals surface area contributed by atoms with Gasteiger partial charge in [0.15, 0.2) is 0 Å². The molecule has 1 amide bonds. The minimum atomic E-state index is -0.531. The first-order valence-corrected chi connectivity index (χ1v) is 4.32. The van der Waals surface area contributed by atoms with Crippen LogP contribution in [-0.4, -0.2) is 17.9 Å². The maximum atomic E-state index is 11.0. The zero-order valence-electron chi connectivity index (χ0n) is 8.54. The van der Waals surface area contributed by atoms with Crippen LogP contribution in [0.15, 0.2) is 17.6 Å². The predicted molar refractivity (Wildman–Crippen MR) is 54.2 cm³/mol. The SMILES string of the molecule is C=CCC/C=N/C(=O)OC(C)(C)C. The Bertz CT molecular complexity index is 201.